The fraction of sp³-hybridized carbons (Fsp3) is 0.548. The number of ketones is 1. The van der Waals surface area contributed by atoms with Crippen LogP contribution < -0.4 is 4.74 Å². The van der Waals surface area contributed by atoms with Crippen LogP contribution in [0.1, 0.15) is 79.2 Å². The third-order valence-corrected chi connectivity index (χ3v) is 6.62. The quantitative estimate of drug-likeness (QED) is 0.204. The molecule has 2 heterocycles. The van der Waals surface area contributed by atoms with Crippen LogP contribution in [-0.2, 0) is 28.7 Å². The van der Waals surface area contributed by atoms with Gasteiger partial charge in [0.05, 0.1) is 25.2 Å². The van der Waals surface area contributed by atoms with Gasteiger partial charge >= 0.3 is 11.9 Å². The van der Waals surface area contributed by atoms with Crippen molar-refractivity contribution >= 4 is 29.2 Å². The summed E-state index contributed by atoms with van der Waals surface area (Å²) in [5, 5.41) is 0. The van der Waals surface area contributed by atoms with Gasteiger partial charge in [-0.1, -0.05) is 46.8 Å². The first-order valence-corrected chi connectivity index (χ1v) is 13.7. The molecule has 2 unspecified atom stereocenters. The van der Waals surface area contributed by atoms with Gasteiger partial charge in [0.1, 0.15) is 18.1 Å². The molecule has 0 saturated carbocycles. The van der Waals surface area contributed by atoms with Crippen LogP contribution in [0, 0.1) is 24.7 Å². The van der Waals surface area contributed by atoms with Gasteiger partial charge in [0.2, 0.25) is 5.91 Å². The Balaban J connectivity index is 0.000000735. The highest BCUT2D eigenvalue weighted by atomic mass is 16.5. The molecule has 3 rings (SSSR count). The Morgan fingerprint density at radius 2 is 1.59 bits per heavy atom. The lowest BCUT2D eigenvalue weighted by Gasteiger charge is -2.43. The summed E-state index contributed by atoms with van der Waals surface area (Å²) in [7, 11) is 0. The van der Waals surface area contributed by atoms with Crippen molar-refractivity contribution in [3.8, 4) is 18.6 Å². The van der Waals surface area contributed by atoms with Crippen LogP contribution in [0.25, 0.3) is 5.57 Å². The van der Waals surface area contributed by atoms with Gasteiger partial charge in [-0.3, -0.25) is 14.4 Å². The number of fused-ring (bicyclic) bond motifs is 1. The Morgan fingerprint density at radius 1 is 1.00 bits per heavy atom. The number of esters is 2. The lowest BCUT2D eigenvalue weighted by atomic mass is 9.84. The number of Topliss-reactive ketones (excluding diaryl/α,β-unsaturated/α-hetero) is 1. The van der Waals surface area contributed by atoms with E-state index in [1.54, 1.807) is 17.0 Å². The van der Waals surface area contributed by atoms with E-state index in [2.05, 4.69) is 17.6 Å². The van der Waals surface area contributed by atoms with Crippen LogP contribution in [0.2, 0.25) is 0 Å². The van der Waals surface area contributed by atoms with E-state index in [0.29, 0.717) is 31.1 Å². The number of ether oxygens (including phenoxy) is 3. The molecule has 8 heteroatoms. The van der Waals surface area contributed by atoms with E-state index in [-0.39, 0.29) is 42.1 Å². The zero-order chi connectivity index (χ0) is 29.5. The zero-order valence-corrected chi connectivity index (χ0v) is 24.2. The fourth-order valence-corrected chi connectivity index (χ4v) is 4.27. The minimum absolute atomic E-state index is 0.00413. The highest BCUT2D eigenvalue weighted by molar-refractivity contribution is 6.06. The molecule has 1 aromatic carbocycles. The smallest absolute Gasteiger partial charge is 0.355 e. The topological polar surface area (TPSA) is 99.2 Å². The Labute approximate surface area is 233 Å². The molecular weight excluding hydrogens is 498 g/mol. The summed E-state index contributed by atoms with van der Waals surface area (Å²) in [6.45, 7) is 12.1. The second kappa shape index (κ2) is 17.1. The summed E-state index contributed by atoms with van der Waals surface area (Å²) in [6, 6.07) is 7.39. The number of hydrogen-bond acceptors (Lipinski definition) is 7. The number of rotatable bonds is 12. The van der Waals surface area contributed by atoms with Crippen LogP contribution in [0.5, 0.6) is 5.75 Å². The van der Waals surface area contributed by atoms with Gasteiger partial charge < -0.3 is 19.1 Å². The minimum atomic E-state index is -0.434. The number of terminal acetylenes is 1. The first-order chi connectivity index (χ1) is 18.7. The van der Waals surface area contributed by atoms with Crippen molar-refractivity contribution in [3.05, 3.63) is 35.5 Å². The molecule has 39 heavy (non-hydrogen) atoms. The van der Waals surface area contributed by atoms with E-state index < -0.39 is 5.97 Å². The largest absolute Gasteiger partial charge is 0.486 e. The Bertz CT molecular complexity index is 1030. The molecule has 2 aliphatic rings. The first kappa shape index (κ1) is 33.4. The monoisotopic (exact) mass is 541 g/mol. The molecule has 0 aliphatic carbocycles. The molecular formula is C31H43NO7. The second-order valence-electron chi connectivity index (χ2n) is 9.39. The lowest BCUT2D eigenvalue weighted by molar-refractivity contribution is -0.156. The molecule has 0 bridgehead atoms. The van der Waals surface area contributed by atoms with Crippen LogP contribution in [-0.4, -0.2) is 54.4 Å². The number of β-lactam (4-membered cyclic amide) rings is 1. The molecule has 8 nitrogen and oxygen atoms in total. The Kier molecular flexibility index (Phi) is 14.6. The predicted molar refractivity (Wildman–Crippen MR) is 150 cm³/mol. The van der Waals surface area contributed by atoms with Crippen molar-refractivity contribution in [1.82, 2.24) is 4.90 Å². The summed E-state index contributed by atoms with van der Waals surface area (Å²) in [5.74, 6) is 0.0105. The molecule has 0 N–H and O–H groups in total. The SMILES string of the molecule is C#C.CCCOC(=O)C1=C(c2ccc(OCC(=O)C(C)CC)cc2)CC2[C@@H](CC)C(=O)N12.CCCOC(C)=O. The van der Waals surface area contributed by atoms with E-state index in [0.717, 1.165) is 36.8 Å². The van der Waals surface area contributed by atoms with E-state index in [9.17, 15) is 19.2 Å². The number of carbonyl (C=O) groups is 4. The molecule has 214 valence electrons. The van der Waals surface area contributed by atoms with Gasteiger partial charge in [-0.25, -0.2) is 4.79 Å². The van der Waals surface area contributed by atoms with E-state index >= 15 is 0 Å². The zero-order valence-electron chi connectivity index (χ0n) is 24.2. The van der Waals surface area contributed by atoms with Gasteiger partial charge in [0.15, 0.2) is 5.78 Å². The maximum Gasteiger partial charge on any atom is 0.355 e. The summed E-state index contributed by atoms with van der Waals surface area (Å²) >= 11 is 0. The number of carbonyl (C=O) groups excluding carboxylic acids is 4. The number of amides is 1. The molecule has 1 aromatic rings. The van der Waals surface area contributed by atoms with Gasteiger partial charge in [0.25, 0.3) is 0 Å². The Hall–Kier alpha value is -3.60. The number of nitrogens with zero attached hydrogens (tertiary/aromatic N) is 1. The van der Waals surface area contributed by atoms with Crippen LogP contribution in [0.15, 0.2) is 30.0 Å². The van der Waals surface area contributed by atoms with Crippen molar-refractivity contribution < 1.29 is 33.4 Å². The van der Waals surface area contributed by atoms with Crippen molar-refractivity contribution in [2.24, 2.45) is 11.8 Å². The maximum absolute atomic E-state index is 12.7. The molecule has 1 fully saturated rings. The van der Waals surface area contributed by atoms with Crippen molar-refractivity contribution in [2.75, 3.05) is 19.8 Å². The van der Waals surface area contributed by atoms with Crippen LogP contribution >= 0.6 is 0 Å². The molecule has 0 radical (unpaired) electrons. The van der Waals surface area contributed by atoms with Crippen molar-refractivity contribution in [2.45, 2.75) is 79.7 Å². The molecule has 1 saturated heterocycles. The molecule has 1 amide bonds. The third-order valence-electron chi connectivity index (χ3n) is 6.62. The first-order valence-electron chi connectivity index (χ1n) is 13.7. The van der Waals surface area contributed by atoms with Gasteiger partial charge in [-0.15, -0.1) is 12.8 Å². The minimum Gasteiger partial charge on any atom is -0.486 e. The highest BCUT2D eigenvalue weighted by Gasteiger charge is 2.54. The van der Waals surface area contributed by atoms with Crippen molar-refractivity contribution in [3.63, 3.8) is 0 Å². The van der Waals surface area contributed by atoms with Gasteiger partial charge in [-0.2, -0.15) is 0 Å². The number of hydrogen-bond donors (Lipinski definition) is 0. The third kappa shape index (κ3) is 8.98. The van der Waals surface area contributed by atoms with Gasteiger partial charge in [-0.05, 0) is 55.4 Å². The Morgan fingerprint density at radius 3 is 2.08 bits per heavy atom. The average Bonchev–Trinajstić information content (AvgIpc) is 3.30. The fourth-order valence-electron chi connectivity index (χ4n) is 4.27. The molecule has 0 spiro atoms. The summed E-state index contributed by atoms with van der Waals surface area (Å²) in [6.07, 6.45) is 11.8. The highest BCUT2D eigenvalue weighted by Crippen LogP contribution is 2.47. The van der Waals surface area contributed by atoms with Crippen molar-refractivity contribution in [1.29, 1.82) is 0 Å². The summed E-state index contributed by atoms with van der Waals surface area (Å²) < 4.78 is 15.5. The predicted octanol–water partition coefficient (Wildman–Crippen LogP) is 5.19. The van der Waals surface area contributed by atoms with Gasteiger partial charge in [0, 0.05) is 12.8 Å². The van der Waals surface area contributed by atoms with E-state index in [1.165, 1.54) is 6.92 Å². The molecule has 2 aliphatic heterocycles. The molecule has 0 aromatic heterocycles. The molecule has 3 atom stereocenters. The maximum atomic E-state index is 12.7. The summed E-state index contributed by atoms with van der Waals surface area (Å²) in [4.78, 5) is 48.9. The van der Waals surface area contributed by atoms with Crippen LogP contribution in [0.4, 0.5) is 0 Å². The average molecular weight is 542 g/mol. The summed E-state index contributed by atoms with van der Waals surface area (Å²) in [5.41, 5.74) is 2.09. The van der Waals surface area contributed by atoms with Crippen LogP contribution in [0.3, 0.4) is 0 Å². The lowest BCUT2D eigenvalue weighted by Crippen LogP contribution is -2.58. The standard InChI is InChI=1S/C24H31NO5.C5H10O2.C2H2/c1-5-12-29-24(28)22-19(13-20-18(7-3)23(27)25(20)22)16-8-10-17(11-9-16)30-14-21(26)15(4)6-2;1-3-4-7-5(2)6;1-2/h8-11,15,18,20H,5-7,12-14H2,1-4H3;3-4H2,1-2H3;1-2H/t15?,18-,20?;;/m1../s1. The number of benzene rings is 1. The normalized spacial score (nSPS) is 17.8. The van der Waals surface area contributed by atoms with E-state index in [4.69, 9.17) is 9.47 Å². The van der Waals surface area contributed by atoms with E-state index in [1.807, 2.05) is 46.8 Å². The second-order valence-corrected chi connectivity index (χ2v) is 9.39.